The molecule has 3 N–H and O–H groups in total. The number of carbonyl (C=O) groups is 1. The van der Waals surface area contributed by atoms with Crippen LogP contribution in [-0.2, 0) is 4.79 Å². The van der Waals surface area contributed by atoms with E-state index in [0.29, 0.717) is 19.1 Å². The molecule has 1 unspecified atom stereocenters. The Morgan fingerprint density at radius 1 is 1.09 bits per heavy atom. The number of nitrogens with one attached hydrogen (secondary N) is 3. The van der Waals surface area contributed by atoms with Crippen molar-refractivity contribution in [1.29, 1.82) is 0 Å². The number of unbranched alkanes of at least 4 members (excludes halogenated alkanes) is 3. The van der Waals surface area contributed by atoms with Gasteiger partial charge in [-0.05, 0) is 13.3 Å². The summed E-state index contributed by atoms with van der Waals surface area (Å²) < 4.78 is 0. The number of amides is 1. The second-order valence-electron chi connectivity index (χ2n) is 6.90. The molecule has 130 valence electrons. The molecular weight excluding hydrogens is 276 g/mol. The van der Waals surface area contributed by atoms with Gasteiger partial charge in [-0.2, -0.15) is 0 Å². The molecule has 1 atom stereocenters. The van der Waals surface area contributed by atoms with Gasteiger partial charge in [-0.3, -0.25) is 9.79 Å². The van der Waals surface area contributed by atoms with Gasteiger partial charge in [0.15, 0.2) is 5.96 Å². The molecule has 22 heavy (non-hydrogen) atoms. The molecule has 0 aliphatic heterocycles. The van der Waals surface area contributed by atoms with Crippen molar-refractivity contribution in [2.45, 2.75) is 72.8 Å². The van der Waals surface area contributed by atoms with E-state index in [9.17, 15) is 4.79 Å². The molecule has 0 saturated carbocycles. The van der Waals surface area contributed by atoms with E-state index in [-0.39, 0.29) is 11.3 Å². The van der Waals surface area contributed by atoms with Gasteiger partial charge in [-0.15, -0.1) is 0 Å². The lowest BCUT2D eigenvalue weighted by Gasteiger charge is -2.20. The summed E-state index contributed by atoms with van der Waals surface area (Å²) in [5.41, 5.74) is -0.340. The second-order valence-corrected chi connectivity index (χ2v) is 6.90. The first-order chi connectivity index (χ1) is 10.3. The molecule has 5 nitrogen and oxygen atoms in total. The molecule has 1 amide bonds. The van der Waals surface area contributed by atoms with Gasteiger partial charge >= 0.3 is 0 Å². The first-order valence-corrected chi connectivity index (χ1v) is 8.56. The maximum atomic E-state index is 11.7. The smallest absolute Gasteiger partial charge is 0.225 e. The average molecular weight is 313 g/mol. The lowest BCUT2D eigenvalue weighted by Crippen LogP contribution is -2.45. The fourth-order valence-corrected chi connectivity index (χ4v) is 2.00. The standard InChI is InChI=1S/C17H36N4O/c1-7-8-9-10-11-14(2)21-16(18-6)20-13-12-19-15(22)17(3,4)5/h14H,7-13H2,1-6H3,(H,19,22)(H2,18,20,21). The zero-order valence-electron chi connectivity index (χ0n) is 15.4. The summed E-state index contributed by atoms with van der Waals surface area (Å²) in [4.78, 5) is 16.0. The van der Waals surface area contributed by atoms with Crippen molar-refractivity contribution in [3.05, 3.63) is 0 Å². The molecule has 0 spiro atoms. The minimum atomic E-state index is -0.340. The van der Waals surface area contributed by atoms with Gasteiger partial charge in [0.25, 0.3) is 0 Å². The monoisotopic (exact) mass is 312 g/mol. The van der Waals surface area contributed by atoms with Crippen LogP contribution in [0.5, 0.6) is 0 Å². The van der Waals surface area contributed by atoms with Gasteiger partial charge in [0.2, 0.25) is 5.91 Å². The molecule has 0 aliphatic rings. The van der Waals surface area contributed by atoms with E-state index in [0.717, 1.165) is 12.4 Å². The highest BCUT2D eigenvalue weighted by Gasteiger charge is 2.20. The Morgan fingerprint density at radius 2 is 1.73 bits per heavy atom. The highest BCUT2D eigenvalue weighted by molar-refractivity contribution is 5.81. The molecule has 0 saturated heterocycles. The first kappa shape index (κ1) is 20.7. The van der Waals surface area contributed by atoms with Crippen molar-refractivity contribution in [2.24, 2.45) is 10.4 Å². The van der Waals surface area contributed by atoms with Crippen LogP contribution in [0, 0.1) is 5.41 Å². The third-order valence-electron chi connectivity index (χ3n) is 3.48. The Bertz CT molecular complexity index is 334. The molecule has 0 bridgehead atoms. The third kappa shape index (κ3) is 10.5. The Balaban J connectivity index is 3.86. The summed E-state index contributed by atoms with van der Waals surface area (Å²) in [6.45, 7) is 11.4. The summed E-state index contributed by atoms with van der Waals surface area (Å²) in [5.74, 6) is 0.870. The molecule has 0 aromatic rings. The number of hydrogen-bond donors (Lipinski definition) is 3. The maximum Gasteiger partial charge on any atom is 0.225 e. The molecule has 5 heteroatoms. The molecule has 0 rings (SSSR count). The average Bonchev–Trinajstić information content (AvgIpc) is 2.45. The van der Waals surface area contributed by atoms with E-state index in [1.165, 1.54) is 25.7 Å². The predicted molar refractivity (Wildman–Crippen MR) is 95.2 cm³/mol. The highest BCUT2D eigenvalue weighted by atomic mass is 16.2. The van der Waals surface area contributed by atoms with Crippen molar-refractivity contribution in [1.82, 2.24) is 16.0 Å². The van der Waals surface area contributed by atoms with E-state index in [1.54, 1.807) is 7.05 Å². The lowest BCUT2D eigenvalue weighted by atomic mass is 9.96. The van der Waals surface area contributed by atoms with E-state index < -0.39 is 0 Å². The van der Waals surface area contributed by atoms with E-state index in [2.05, 4.69) is 34.8 Å². The van der Waals surface area contributed by atoms with Crippen molar-refractivity contribution in [3.63, 3.8) is 0 Å². The number of guanidine groups is 1. The van der Waals surface area contributed by atoms with Gasteiger partial charge in [-0.1, -0.05) is 53.4 Å². The fraction of sp³-hybridized carbons (Fsp3) is 0.882. The minimum absolute atomic E-state index is 0.0709. The van der Waals surface area contributed by atoms with Crippen LogP contribution in [0.1, 0.15) is 66.7 Å². The van der Waals surface area contributed by atoms with Crippen molar-refractivity contribution >= 4 is 11.9 Å². The maximum absolute atomic E-state index is 11.7. The summed E-state index contributed by atoms with van der Waals surface area (Å²) in [5, 5.41) is 9.54. The fourth-order valence-electron chi connectivity index (χ4n) is 2.00. The van der Waals surface area contributed by atoms with Crippen LogP contribution >= 0.6 is 0 Å². The number of rotatable bonds is 9. The van der Waals surface area contributed by atoms with Gasteiger partial charge in [0, 0.05) is 31.6 Å². The lowest BCUT2D eigenvalue weighted by molar-refractivity contribution is -0.128. The van der Waals surface area contributed by atoms with Gasteiger partial charge in [-0.25, -0.2) is 0 Å². The van der Waals surface area contributed by atoms with Gasteiger partial charge in [0.05, 0.1) is 0 Å². The second kappa shape index (κ2) is 11.3. The quantitative estimate of drug-likeness (QED) is 0.348. The van der Waals surface area contributed by atoms with Crippen LogP contribution in [0.15, 0.2) is 4.99 Å². The molecular formula is C17H36N4O. The zero-order chi connectivity index (χ0) is 17.0. The summed E-state index contributed by atoms with van der Waals surface area (Å²) in [7, 11) is 1.77. The number of carbonyl (C=O) groups excluding carboxylic acids is 1. The molecule has 0 radical (unpaired) electrons. The van der Waals surface area contributed by atoms with E-state index in [1.807, 2.05) is 20.8 Å². The molecule has 0 fully saturated rings. The summed E-state index contributed by atoms with van der Waals surface area (Å²) in [6, 6.07) is 0.409. The van der Waals surface area contributed by atoms with Crippen LogP contribution in [0.2, 0.25) is 0 Å². The van der Waals surface area contributed by atoms with E-state index >= 15 is 0 Å². The van der Waals surface area contributed by atoms with Crippen LogP contribution in [-0.4, -0.2) is 38.0 Å². The summed E-state index contributed by atoms with van der Waals surface area (Å²) in [6.07, 6.45) is 6.29. The van der Waals surface area contributed by atoms with Gasteiger partial charge in [0.1, 0.15) is 0 Å². The third-order valence-corrected chi connectivity index (χ3v) is 3.48. The number of aliphatic imine (C=N–C) groups is 1. The Morgan fingerprint density at radius 3 is 2.27 bits per heavy atom. The Kier molecular flexibility index (Phi) is 10.7. The zero-order valence-corrected chi connectivity index (χ0v) is 15.4. The molecule has 0 aromatic carbocycles. The van der Waals surface area contributed by atoms with Crippen LogP contribution in [0.25, 0.3) is 0 Å². The highest BCUT2D eigenvalue weighted by Crippen LogP contribution is 2.11. The SMILES string of the molecule is CCCCCCC(C)NC(=NC)NCCNC(=O)C(C)(C)C. The number of nitrogens with zero attached hydrogens (tertiary/aromatic N) is 1. The predicted octanol–water partition coefficient (Wildman–Crippen LogP) is 2.67. The van der Waals surface area contributed by atoms with Crippen LogP contribution in [0.4, 0.5) is 0 Å². The van der Waals surface area contributed by atoms with Crippen molar-refractivity contribution in [2.75, 3.05) is 20.1 Å². The van der Waals surface area contributed by atoms with E-state index in [4.69, 9.17) is 0 Å². The number of hydrogen-bond acceptors (Lipinski definition) is 2. The first-order valence-electron chi connectivity index (χ1n) is 8.56. The van der Waals surface area contributed by atoms with Crippen molar-refractivity contribution < 1.29 is 4.79 Å². The normalized spacial score (nSPS) is 13.6. The molecule has 0 aromatic heterocycles. The minimum Gasteiger partial charge on any atom is -0.355 e. The van der Waals surface area contributed by atoms with Gasteiger partial charge < -0.3 is 16.0 Å². The van der Waals surface area contributed by atoms with Crippen LogP contribution < -0.4 is 16.0 Å². The van der Waals surface area contributed by atoms with Crippen molar-refractivity contribution in [3.8, 4) is 0 Å². The van der Waals surface area contributed by atoms with Crippen LogP contribution in [0.3, 0.4) is 0 Å². The summed E-state index contributed by atoms with van der Waals surface area (Å²) >= 11 is 0. The Labute approximate surface area is 136 Å². The molecule has 0 heterocycles. The molecule has 0 aliphatic carbocycles. The largest absolute Gasteiger partial charge is 0.355 e. The Hall–Kier alpha value is -1.26. The topological polar surface area (TPSA) is 65.5 Å².